The van der Waals surface area contributed by atoms with Gasteiger partial charge in [0.2, 0.25) is 22.8 Å². The Morgan fingerprint density at radius 3 is 1.01 bits per heavy atom. The molecule has 0 fully saturated rings. The van der Waals surface area contributed by atoms with Gasteiger partial charge < -0.3 is 0 Å². The highest BCUT2D eigenvalue weighted by atomic mass is 15.0. The Kier molecular flexibility index (Phi) is 19.5. The maximum absolute atomic E-state index is 8.57. The topological polar surface area (TPSA) is 15.5 Å². The van der Waals surface area contributed by atoms with E-state index < -0.39 is 0 Å². The molecule has 478 valence electrons. The molecule has 4 heteroatoms. The molecule has 0 unspecified atom stereocenters. The second kappa shape index (κ2) is 28.7. The Balaban J connectivity index is 0.000000152. The molecule has 0 aliphatic carbocycles. The molecule has 0 aliphatic heterocycles. The summed E-state index contributed by atoms with van der Waals surface area (Å²) < 4.78 is 42.9. The molecule has 0 saturated carbocycles. The van der Waals surface area contributed by atoms with Gasteiger partial charge >= 0.3 is 0 Å². The predicted molar refractivity (Wildman–Crippen MR) is 400 cm³/mol. The number of hydrogen-bond donors (Lipinski definition) is 0. The van der Waals surface area contributed by atoms with Crippen LogP contribution in [0.4, 0.5) is 0 Å². The van der Waals surface area contributed by atoms with Gasteiger partial charge in [0.1, 0.15) is 28.2 Å². The average Bonchev–Trinajstić information content (AvgIpc) is 0.774. The molecular formula is C89H106N4+4. The number of benzene rings is 8. The van der Waals surface area contributed by atoms with E-state index in [0.29, 0.717) is 36.0 Å². The predicted octanol–water partition coefficient (Wildman–Crippen LogP) is 21.3. The Morgan fingerprint density at radius 1 is 0.312 bits per heavy atom. The van der Waals surface area contributed by atoms with Crippen molar-refractivity contribution in [2.75, 3.05) is 0 Å². The van der Waals surface area contributed by atoms with Crippen LogP contribution in [-0.2, 0) is 47.5 Å². The third-order valence-electron chi connectivity index (χ3n) is 19.7. The molecule has 0 aliphatic rings. The Morgan fingerprint density at radius 2 is 0.645 bits per heavy atom. The van der Waals surface area contributed by atoms with Gasteiger partial charge in [-0.2, -0.15) is 18.3 Å². The zero-order valence-corrected chi connectivity index (χ0v) is 60.8. The van der Waals surface area contributed by atoms with Crippen molar-refractivity contribution in [3.8, 4) is 45.0 Å². The highest BCUT2D eigenvalue weighted by Crippen LogP contribution is 2.37. The largest absolute Gasteiger partial charge is 0.220 e. The van der Waals surface area contributed by atoms with E-state index in [1.165, 1.54) is 128 Å². The van der Waals surface area contributed by atoms with Gasteiger partial charge in [0.05, 0.1) is 38.2 Å². The highest BCUT2D eigenvalue weighted by Gasteiger charge is 2.26. The minimum Gasteiger partial charge on any atom is -0.198 e. The normalized spacial score (nSPS) is 11.9. The van der Waals surface area contributed by atoms with Gasteiger partial charge in [-0.1, -0.05) is 156 Å². The van der Waals surface area contributed by atoms with E-state index in [-0.39, 0.29) is 0 Å². The lowest BCUT2D eigenvalue weighted by atomic mass is 9.90. The smallest absolute Gasteiger partial charge is 0.198 e. The van der Waals surface area contributed by atoms with E-state index in [4.69, 9.17) is 5.48 Å². The van der Waals surface area contributed by atoms with Crippen molar-refractivity contribution in [3.05, 3.63) is 258 Å². The van der Waals surface area contributed by atoms with Crippen molar-refractivity contribution in [3.63, 3.8) is 0 Å². The maximum atomic E-state index is 8.57. The number of aryl methyl sites for hydroxylation is 10. The fraction of sp³-hybridized carbons (Fsp3) is 0.326. The third kappa shape index (κ3) is 14.5. The van der Waals surface area contributed by atoms with Crippen molar-refractivity contribution in [2.24, 2.45) is 28.2 Å². The van der Waals surface area contributed by atoms with E-state index in [0.717, 1.165) is 79.7 Å². The first-order chi connectivity index (χ1) is 45.8. The van der Waals surface area contributed by atoms with Crippen LogP contribution >= 0.6 is 0 Å². The average molecular weight is 1240 g/mol. The van der Waals surface area contributed by atoms with Crippen LogP contribution in [0.25, 0.3) is 88.1 Å². The summed E-state index contributed by atoms with van der Waals surface area (Å²) in [7, 11) is 8.31. The number of hydrogen-bond acceptors (Lipinski definition) is 0. The van der Waals surface area contributed by atoms with Crippen LogP contribution in [0.3, 0.4) is 0 Å². The van der Waals surface area contributed by atoms with Crippen molar-refractivity contribution >= 4 is 43.1 Å². The second-order valence-electron chi connectivity index (χ2n) is 27.2. The zero-order valence-electron chi connectivity index (χ0n) is 64.8. The SMILES string of the molecule is [2H]c1c(C)[n+](C)c(-c2cc(C(C)C)cc(C)c2C)c2ccc(C)cc12.[2H]c1c(C)[n+](C)c(-c2cc(C(C)C)ccc2C)c2ccc(C)cc12.[2H]c1c(C)[n+](C)c(-c2cc(CC)cc(CC)c2C)c2ccc(C)cc12.[2H]c1c(C)[n+](C)c(-c2cc(CC)ccc2C)c2ccc(C)cc12. The molecule has 0 bridgehead atoms. The van der Waals surface area contributed by atoms with E-state index in [2.05, 4.69) is 291 Å². The lowest BCUT2D eigenvalue weighted by Gasteiger charge is -2.15. The van der Waals surface area contributed by atoms with Crippen LogP contribution in [-0.4, -0.2) is 0 Å². The first kappa shape index (κ1) is 63.2. The number of nitrogens with zero attached hydrogens (tertiary/aromatic N) is 4. The van der Waals surface area contributed by atoms with Crippen LogP contribution in [0.15, 0.2) is 158 Å². The highest BCUT2D eigenvalue weighted by molar-refractivity contribution is 5.97. The summed E-state index contributed by atoms with van der Waals surface area (Å²) in [5.74, 6) is 0.994. The minimum absolute atomic E-state index is 0.494. The summed E-state index contributed by atoms with van der Waals surface area (Å²) in [6.45, 7) is 43.1. The summed E-state index contributed by atoms with van der Waals surface area (Å²) in [5.41, 5.74) is 32.2. The standard InChI is InChI=1S/2C23H28N.C22H26N.C21H24N/c1-14(2)19-11-16(4)18(6)22(13-19)23-21-9-8-15(3)10-20(21)12-17(5)24(23)7;1-7-18-13-19(8-2)17(5)22(14-18)23-21-10-9-15(3)11-20(21)12-16(4)24(23)6;1-14(2)18-9-8-16(4)21(13-18)22-20-10-7-15(3)11-19(20)12-17(5)23(22)6;1-6-17-9-8-15(3)20(13-17)21-19-10-7-14(2)11-18(19)12-16(4)22(21)5/h8-14H,1-7H3;9-14H,7-8H2,1-6H3;7-14H,1-6H3;7-13H,6H2,1-5H3/q4*+1/i4*12D. The van der Waals surface area contributed by atoms with E-state index in [1.807, 2.05) is 27.7 Å². The lowest BCUT2D eigenvalue weighted by Crippen LogP contribution is -2.35. The third-order valence-corrected chi connectivity index (χ3v) is 19.7. The molecule has 4 heterocycles. The molecule has 93 heavy (non-hydrogen) atoms. The first-order valence-corrected chi connectivity index (χ1v) is 33.9. The van der Waals surface area contributed by atoms with Crippen LogP contribution in [0, 0.1) is 90.0 Å². The van der Waals surface area contributed by atoms with Crippen molar-refractivity contribution < 1.29 is 23.8 Å². The molecule has 0 saturated heterocycles. The summed E-state index contributed by atoms with van der Waals surface area (Å²) in [6, 6.07) is 51.1. The van der Waals surface area contributed by atoms with Crippen LogP contribution in [0.2, 0.25) is 0 Å². The fourth-order valence-corrected chi connectivity index (χ4v) is 13.2. The van der Waals surface area contributed by atoms with E-state index in [9.17, 15) is 0 Å². The fourth-order valence-electron chi connectivity index (χ4n) is 13.2. The Hall–Kier alpha value is -8.60. The number of rotatable bonds is 9. The van der Waals surface area contributed by atoms with Gasteiger partial charge in [-0.15, -0.1) is 0 Å². The molecule has 4 aromatic heterocycles. The molecule has 12 aromatic rings. The van der Waals surface area contributed by atoms with Gasteiger partial charge in [-0.25, -0.2) is 0 Å². The number of pyridine rings is 4. The maximum Gasteiger partial charge on any atom is 0.220 e. The van der Waals surface area contributed by atoms with Gasteiger partial charge in [0.15, 0.2) is 22.8 Å². The molecule has 4 nitrogen and oxygen atoms in total. The number of aromatic nitrogens is 4. The second-order valence-corrected chi connectivity index (χ2v) is 27.2. The number of fused-ring (bicyclic) bond motifs is 4. The Labute approximate surface area is 564 Å². The van der Waals surface area contributed by atoms with Gasteiger partial charge in [0, 0.05) is 63.0 Å². The summed E-state index contributed by atoms with van der Waals surface area (Å²) in [5, 5.41) is 8.80. The van der Waals surface area contributed by atoms with Crippen LogP contribution in [0.5, 0.6) is 0 Å². The van der Waals surface area contributed by atoms with E-state index >= 15 is 0 Å². The van der Waals surface area contributed by atoms with Crippen LogP contribution in [0.1, 0.15) is 166 Å². The molecule has 0 amide bonds. The molecule has 8 aromatic carbocycles. The minimum atomic E-state index is 0.494. The van der Waals surface area contributed by atoms with Crippen molar-refractivity contribution in [2.45, 2.75) is 170 Å². The van der Waals surface area contributed by atoms with Crippen LogP contribution < -0.4 is 18.3 Å². The summed E-state index contributed by atoms with van der Waals surface area (Å²) in [6.07, 6.45) is 3.11. The van der Waals surface area contributed by atoms with Crippen molar-refractivity contribution in [1.29, 1.82) is 0 Å². The first-order valence-electron chi connectivity index (χ1n) is 35.9. The van der Waals surface area contributed by atoms with Gasteiger partial charge in [0.25, 0.3) is 0 Å². The molecule has 0 atom stereocenters. The zero-order chi connectivity index (χ0) is 71.1. The monoisotopic (exact) mass is 1230 g/mol. The van der Waals surface area contributed by atoms with Crippen molar-refractivity contribution in [1.82, 2.24) is 0 Å². The lowest BCUT2D eigenvalue weighted by molar-refractivity contribution is -0.665. The Bertz CT molecular complexity index is 4970. The molecule has 12 rings (SSSR count). The molecule has 0 radical (unpaired) electrons. The molecule has 0 N–H and O–H groups in total. The van der Waals surface area contributed by atoms with Gasteiger partial charge in [-0.05, 0) is 219 Å². The summed E-state index contributed by atoms with van der Waals surface area (Å²) >= 11 is 0. The van der Waals surface area contributed by atoms with Gasteiger partial charge in [-0.3, -0.25) is 0 Å². The quantitative estimate of drug-likeness (QED) is 0.128. The molecular weight excluding hydrogens is 1130 g/mol. The molecule has 0 spiro atoms. The summed E-state index contributed by atoms with van der Waals surface area (Å²) in [4.78, 5) is 0. The van der Waals surface area contributed by atoms with E-state index in [1.54, 1.807) is 0 Å².